The molecule has 0 radical (unpaired) electrons. The average Bonchev–Trinajstić information content (AvgIpc) is 2.13. The fraction of sp³-hybridized carbons (Fsp3) is 1.00. The zero-order valence-electron chi connectivity index (χ0n) is 13.1. The van der Waals surface area contributed by atoms with E-state index in [-0.39, 0.29) is 0 Å². The van der Waals surface area contributed by atoms with Crippen LogP contribution >= 0.6 is 0 Å². The smallest absolute Gasteiger partial charge is 0.0354 e. The highest BCUT2D eigenvalue weighted by Crippen LogP contribution is 2.36. The van der Waals surface area contributed by atoms with Gasteiger partial charge < -0.3 is 0 Å². The quantitative estimate of drug-likeness (QED) is 0.570. The molecule has 0 aromatic carbocycles. The van der Waals surface area contributed by atoms with Crippen molar-refractivity contribution in [3.63, 3.8) is 0 Å². The van der Waals surface area contributed by atoms with Crippen molar-refractivity contribution in [2.24, 2.45) is 35.0 Å². The first-order chi connectivity index (χ1) is 7.07. The molecule has 0 saturated carbocycles. The van der Waals surface area contributed by atoms with E-state index in [1.165, 1.54) is 6.42 Å². The third-order valence-corrected chi connectivity index (χ3v) is 4.91. The second-order valence-corrected chi connectivity index (χ2v) is 7.45. The maximum atomic E-state index is 2.43. The first-order valence-corrected chi connectivity index (χ1v) is 7.07. The summed E-state index contributed by atoms with van der Waals surface area (Å²) in [5, 5.41) is 0. The van der Waals surface area contributed by atoms with Gasteiger partial charge in [-0.05, 0) is 41.4 Å². The van der Waals surface area contributed by atoms with Crippen LogP contribution in [0.15, 0.2) is 0 Å². The van der Waals surface area contributed by atoms with E-state index in [0.717, 1.165) is 29.6 Å². The summed E-state index contributed by atoms with van der Waals surface area (Å²) >= 11 is 0. The van der Waals surface area contributed by atoms with Gasteiger partial charge in [-0.1, -0.05) is 62.3 Å². The molecule has 0 nitrogen and oxygen atoms in total. The lowest BCUT2D eigenvalue weighted by atomic mass is 9.70. The van der Waals surface area contributed by atoms with Gasteiger partial charge in [-0.15, -0.1) is 0 Å². The van der Waals surface area contributed by atoms with Crippen LogP contribution in [-0.2, 0) is 0 Å². The molecular formula is C16H34. The molecule has 0 amide bonds. The van der Waals surface area contributed by atoms with Crippen LogP contribution in [0.2, 0.25) is 0 Å². The lowest BCUT2D eigenvalue weighted by Crippen LogP contribution is -2.27. The number of hydrogen-bond donors (Lipinski definition) is 0. The minimum atomic E-state index is 0.445. The molecule has 0 rings (SSSR count). The van der Waals surface area contributed by atoms with Gasteiger partial charge >= 0.3 is 0 Å². The van der Waals surface area contributed by atoms with Gasteiger partial charge in [0.1, 0.15) is 0 Å². The Balaban J connectivity index is 4.29. The van der Waals surface area contributed by atoms with E-state index >= 15 is 0 Å². The topological polar surface area (TPSA) is 0 Å². The molecule has 0 heterocycles. The van der Waals surface area contributed by atoms with E-state index in [9.17, 15) is 0 Å². The highest BCUT2D eigenvalue weighted by molar-refractivity contribution is 4.77. The normalized spacial score (nSPS) is 20.6. The van der Waals surface area contributed by atoms with Crippen LogP contribution in [0.1, 0.15) is 68.7 Å². The van der Waals surface area contributed by atoms with Gasteiger partial charge in [0.2, 0.25) is 0 Å². The molecule has 4 atom stereocenters. The summed E-state index contributed by atoms with van der Waals surface area (Å²) in [6.45, 7) is 21.5. The minimum Gasteiger partial charge on any atom is -0.0625 e. The van der Waals surface area contributed by atoms with Crippen molar-refractivity contribution >= 4 is 0 Å². The van der Waals surface area contributed by atoms with Crippen LogP contribution in [0.25, 0.3) is 0 Å². The monoisotopic (exact) mass is 226 g/mol. The standard InChI is InChI=1S/C16H34/c1-11(2)14(5)12(3)10-13(4)15(6)16(7,8)9/h11-15H,10H2,1-9H3. The summed E-state index contributed by atoms with van der Waals surface area (Å²) in [5.41, 5.74) is 0.445. The lowest BCUT2D eigenvalue weighted by Gasteiger charge is -2.35. The molecule has 4 unspecified atom stereocenters. The second-order valence-electron chi connectivity index (χ2n) is 7.45. The van der Waals surface area contributed by atoms with Crippen LogP contribution < -0.4 is 0 Å². The Kier molecular flexibility index (Phi) is 6.07. The fourth-order valence-corrected chi connectivity index (χ4v) is 2.52. The van der Waals surface area contributed by atoms with Gasteiger partial charge in [-0.3, -0.25) is 0 Å². The number of rotatable bonds is 5. The van der Waals surface area contributed by atoms with Crippen molar-refractivity contribution in [3.05, 3.63) is 0 Å². The highest BCUT2D eigenvalue weighted by atomic mass is 14.3. The van der Waals surface area contributed by atoms with Crippen molar-refractivity contribution < 1.29 is 0 Å². The van der Waals surface area contributed by atoms with E-state index in [0.29, 0.717) is 5.41 Å². The van der Waals surface area contributed by atoms with Crippen molar-refractivity contribution in [2.75, 3.05) is 0 Å². The molecule has 0 N–H and O–H groups in total. The Hall–Kier alpha value is 0. The molecule has 16 heavy (non-hydrogen) atoms. The van der Waals surface area contributed by atoms with Crippen LogP contribution in [0.4, 0.5) is 0 Å². The zero-order valence-corrected chi connectivity index (χ0v) is 13.1. The van der Waals surface area contributed by atoms with E-state index in [1.54, 1.807) is 0 Å². The molecule has 0 aliphatic heterocycles. The Morgan fingerprint density at radius 1 is 0.750 bits per heavy atom. The van der Waals surface area contributed by atoms with Gasteiger partial charge in [0, 0.05) is 0 Å². The van der Waals surface area contributed by atoms with Crippen LogP contribution in [0.3, 0.4) is 0 Å². The summed E-state index contributed by atoms with van der Waals surface area (Å²) in [6, 6.07) is 0. The maximum absolute atomic E-state index is 2.43. The second kappa shape index (κ2) is 6.07. The third-order valence-electron chi connectivity index (χ3n) is 4.91. The molecule has 0 aromatic heterocycles. The molecule has 0 saturated heterocycles. The molecule has 0 fully saturated rings. The van der Waals surface area contributed by atoms with Crippen molar-refractivity contribution in [3.8, 4) is 0 Å². The van der Waals surface area contributed by atoms with Gasteiger partial charge in [-0.25, -0.2) is 0 Å². The first-order valence-electron chi connectivity index (χ1n) is 7.07. The molecule has 0 aliphatic carbocycles. The molecule has 0 bridgehead atoms. The van der Waals surface area contributed by atoms with Crippen LogP contribution in [0.5, 0.6) is 0 Å². The molecule has 0 aromatic rings. The summed E-state index contributed by atoms with van der Waals surface area (Å²) in [6.07, 6.45) is 1.37. The Morgan fingerprint density at radius 3 is 1.50 bits per heavy atom. The van der Waals surface area contributed by atoms with Gasteiger partial charge in [0.05, 0.1) is 0 Å². The third kappa shape index (κ3) is 4.89. The van der Waals surface area contributed by atoms with E-state index in [1.807, 2.05) is 0 Å². The van der Waals surface area contributed by atoms with Crippen molar-refractivity contribution in [1.29, 1.82) is 0 Å². The van der Waals surface area contributed by atoms with E-state index in [2.05, 4.69) is 62.3 Å². The molecule has 0 heteroatoms. The Morgan fingerprint density at radius 2 is 1.19 bits per heavy atom. The largest absolute Gasteiger partial charge is 0.0625 e. The first kappa shape index (κ1) is 16.0. The zero-order chi connectivity index (χ0) is 13.1. The Labute approximate surface area is 104 Å². The summed E-state index contributed by atoms with van der Waals surface area (Å²) < 4.78 is 0. The van der Waals surface area contributed by atoms with Crippen molar-refractivity contribution in [1.82, 2.24) is 0 Å². The maximum Gasteiger partial charge on any atom is -0.0354 e. The summed E-state index contributed by atoms with van der Waals surface area (Å²) in [7, 11) is 0. The lowest BCUT2D eigenvalue weighted by molar-refractivity contribution is 0.146. The SMILES string of the molecule is CC(C)C(C)C(C)CC(C)C(C)C(C)(C)C. The summed E-state index contributed by atoms with van der Waals surface area (Å²) in [5.74, 6) is 4.13. The fourth-order valence-electron chi connectivity index (χ4n) is 2.52. The van der Waals surface area contributed by atoms with E-state index < -0.39 is 0 Å². The molecule has 98 valence electrons. The summed E-state index contributed by atoms with van der Waals surface area (Å²) in [4.78, 5) is 0. The van der Waals surface area contributed by atoms with Crippen molar-refractivity contribution in [2.45, 2.75) is 68.7 Å². The van der Waals surface area contributed by atoms with Gasteiger partial charge in [0.15, 0.2) is 0 Å². The Bertz CT molecular complexity index is 185. The van der Waals surface area contributed by atoms with Gasteiger partial charge in [0.25, 0.3) is 0 Å². The van der Waals surface area contributed by atoms with Crippen LogP contribution in [-0.4, -0.2) is 0 Å². The highest BCUT2D eigenvalue weighted by Gasteiger charge is 2.27. The predicted molar refractivity (Wildman–Crippen MR) is 75.6 cm³/mol. The van der Waals surface area contributed by atoms with Crippen LogP contribution in [0, 0.1) is 35.0 Å². The molecule has 0 spiro atoms. The average molecular weight is 226 g/mol. The van der Waals surface area contributed by atoms with E-state index in [4.69, 9.17) is 0 Å². The minimum absolute atomic E-state index is 0.445. The number of hydrogen-bond acceptors (Lipinski definition) is 0. The molecule has 0 aliphatic rings. The van der Waals surface area contributed by atoms with Gasteiger partial charge in [-0.2, -0.15) is 0 Å². The molecular weight excluding hydrogens is 192 g/mol. The predicted octanol–water partition coefficient (Wildman–Crippen LogP) is 5.62.